The Kier molecular flexibility index (Phi) is 10.8. The summed E-state index contributed by atoms with van der Waals surface area (Å²) in [7, 11) is -2.63. The fourth-order valence-corrected chi connectivity index (χ4v) is 8.10. The number of alkyl carbamates (subject to hydrolysis) is 1. The fraction of sp³-hybridized carbons (Fsp3) is 0.485. The van der Waals surface area contributed by atoms with Crippen LogP contribution in [0.3, 0.4) is 0 Å². The van der Waals surface area contributed by atoms with Crippen LogP contribution in [0.25, 0.3) is 22.1 Å². The Hall–Kier alpha value is -3.58. The van der Waals surface area contributed by atoms with Gasteiger partial charge in [0.25, 0.3) is 21.2 Å². The predicted molar refractivity (Wildman–Crippen MR) is 196 cm³/mol. The largest absolute Gasteiger partial charge is 0.488 e. The molecule has 15 nitrogen and oxygen atoms in total. The van der Waals surface area contributed by atoms with Gasteiger partial charge in [-0.3, -0.25) is 32.9 Å². The van der Waals surface area contributed by atoms with Crippen LogP contribution in [0.2, 0.25) is 0 Å². The number of amides is 1. The number of nitrogens with one attached hydrogen (secondary N) is 1. The van der Waals surface area contributed by atoms with E-state index in [1.54, 1.807) is 30.6 Å². The molecule has 2 atom stereocenters. The van der Waals surface area contributed by atoms with Gasteiger partial charge in [0.2, 0.25) is 0 Å². The molecule has 7 heterocycles. The molecule has 3 aliphatic rings. The lowest BCUT2D eigenvalue weighted by molar-refractivity contribution is 0.0473. The first-order chi connectivity index (χ1) is 24.1. The van der Waals surface area contributed by atoms with Gasteiger partial charge in [-0.05, 0) is 77.6 Å². The Bertz CT molecular complexity index is 2200. The molecule has 0 aliphatic carbocycles. The maximum Gasteiger partial charge on any atom is 0.407 e. The second-order valence-corrected chi connectivity index (χ2v) is 17.0. The number of carbonyl (C=O) groups excluding carboxylic acids is 1. The van der Waals surface area contributed by atoms with Crippen molar-refractivity contribution in [3.05, 3.63) is 66.3 Å². The molecular formula is C33H38Br2N6O9S. The molecule has 1 saturated heterocycles. The molecule has 0 spiro atoms. The summed E-state index contributed by atoms with van der Waals surface area (Å²) in [6, 6.07) is 5.62. The number of likely N-dealkylation sites (tertiary alicyclic amines) is 1. The molecule has 0 aromatic carbocycles. The molecule has 0 bridgehead atoms. The molecule has 51 heavy (non-hydrogen) atoms. The molecule has 1 fully saturated rings. The number of piperidine rings is 1. The molecule has 4 aromatic rings. The average Bonchev–Trinajstić information content (AvgIpc) is 3.07. The highest BCUT2D eigenvalue weighted by Gasteiger charge is 2.31. The zero-order chi connectivity index (χ0) is 36.7. The molecule has 274 valence electrons. The van der Waals surface area contributed by atoms with Gasteiger partial charge in [-0.2, -0.15) is 8.42 Å². The Morgan fingerprint density at radius 3 is 1.92 bits per heavy atom. The first-order valence-electron chi connectivity index (χ1n) is 16.3. The van der Waals surface area contributed by atoms with E-state index in [2.05, 4.69) is 56.2 Å². The van der Waals surface area contributed by atoms with E-state index < -0.39 is 21.8 Å². The Labute approximate surface area is 310 Å². The van der Waals surface area contributed by atoms with Crippen molar-refractivity contribution in [3.63, 3.8) is 0 Å². The Balaban J connectivity index is 0.000000187. The van der Waals surface area contributed by atoms with E-state index in [1.165, 1.54) is 10.6 Å². The van der Waals surface area contributed by atoms with Gasteiger partial charge in [0.15, 0.2) is 11.5 Å². The van der Waals surface area contributed by atoms with Crippen LogP contribution in [-0.2, 0) is 19.0 Å². The van der Waals surface area contributed by atoms with Crippen molar-refractivity contribution in [2.75, 3.05) is 45.7 Å². The van der Waals surface area contributed by atoms with Crippen molar-refractivity contribution in [1.82, 2.24) is 29.3 Å². The SMILES string of the molecule is CC(C)(C)OC(=O)NC1CCN(C[C@@H]2COc3c(Br)cnc4ccc(=O)n2c34)CC1.COS(=O)(=O)C[C@@H]1COc2c(Br)cnc3ccc(=O)n1c23. The summed E-state index contributed by atoms with van der Waals surface area (Å²) < 4.78 is 49.3. The van der Waals surface area contributed by atoms with Crippen molar-refractivity contribution in [1.29, 1.82) is 0 Å². The minimum atomic E-state index is -3.72. The summed E-state index contributed by atoms with van der Waals surface area (Å²) in [5.74, 6) is 0.826. The number of aromatic nitrogens is 4. The van der Waals surface area contributed by atoms with Crippen LogP contribution in [-0.4, -0.2) is 95.9 Å². The van der Waals surface area contributed by atoms with Crippen LogP contribution >= 0.6 is 31.9 Å². The topological polar surface area (TPSA) is 173 Å². The van der Waals surface area contributed by atoms with Crippen molar-refractivity contribution in [3.8, 4) is 11.5 Å². The van der Waals surface area contributed by atoms with Crippen molar-refractivity contribution >= 4 is 70.1 Å². The van der Waals surface area contributed by atoms with E-state index in [9.17, 15) is 22.8 Å². The normalized spacial score (nSPS) is 19.1. The van der Waals surface area contributed by atoms with Gasteiger partial charge >= 0.3 is 6.09 Å². The van der Waals surface area contributed by atoms with Crippen molar-refractivity contribution in [2.45, 2.75) is 57.3 Å². The van der Waals surface area contributed by atoms with Gasteiger partial charge in [-0.15, -0.1) is 0 Å². The quantitative estimate of drug-likeness (QED) is 0.275. The number of hydrogen-bond donors (Lipinski definition) is 1. The number of carbonyl (C=O) groups is 1. The lowest BCUT2D eigenvalue weighted by Gasteiger charge is -2.36. The molecule has 0 saturated carbocycles. The highest BCUT2D eigenvalue weighted by atomic mass is 79.9. The molecule has 4 aromatic heterocycles. The molecule has 7 rings (SSSR count). The van der Waals surface area contributed by atoms with Crippen molar-refractivity contribution in [2.24, 2.45) is 0 Å². The van der Waals surface area contributed by atoms with Crippen LogP contribution < -0.4 is 25.9 Å². The molecule has 0 radical (unpaired) electrons. The first-order valence-corrected chi connectivity index (χ1v) is 19.5. The van der Waals surface area contributed by atoms with Crippen LogP contribution in [0.1, 0.15) is 45.7 Å². The molecule has 1 amide bonds. The number of nitrogens with zero attached hydrogens (tertiary/aromatic N) is 5. The lowest BCUT2D eigenvalue weighted by atomic mass is 10.0. The lowest BCUT2D eigenvalue weighted by Crippen LogP contribution is -2.48. The molecule has 18 heteroatoms. The summed E-state index contributed by atoms with van der Waals surface area (Å²) in [6.45, 7) is 8.46. The first kappa shape index (κ1) is 37.2. The summed E-state index contributed by atoms with van der Waals surface area (Å²) in [5, 5.41) is 2.96. The highest BCUT2D eigenvalue weighted by Crippen LogP contribution is 2.37. The van der Waals surface area contributed by atoms with E-state index in [1.807, 2.05) is 25.3 Å². The van der Waals surface area contributed by atoms with Gasteiger partial charge < -0.3 is 24.4 Å². The highest BCUT2D eigenvalue weighted by molar-refractivity contribution is 9.11. The minimum Gasteiger partial charge on any atom is -0.488 e. The van der Waals surface area contributed by atoms with Gasteiger partial charge in [0, 0.05) is 50.2 Å². The Morgan fingerprint density at radius 2 is 1.41 bits per heavy atom. The van der Waals surface area contributed by atoms with E-state index in [-0.39, 0.29) is 41.7 Å². The smallest absolute Gasteiger partial charge is 0.407 e. The summed E-state index contributed by atoms with van der Waals surface area (Å²) in [4.78, 5) is 47.8. The fourth-order valence-electron chi connectivity index (χ4n) is 6.44. The molecular weight excluding hydrogens is 816 g/mol. The number of ether oxygens (including phenoxy) is 3. The Morgan fingerprint density at radius 1 is 0.902 bits per heavy atom. The second kappa shape index (κ2) is 14.8. The molecule has 1 N–H and O–H groups in total. The third kappa shape index (κ3) is 8.24. The summed E-state index contributed by atoms with van der Waals surface area (Å²) >= 11 is 6.79. The van der Waals surface area contributed by atoms with Crippen LogP contribution in [0.5, 0.6) is 11.5 Å². The maximum absolute atomic E-state index is 12.7. The predicted octanol–water partition coefficient (Wildman–Crippen LogP) is 4.15. The number of halogens is 2. The monoisotopic (exact) mass is 852 g/mol. The van der Waals surface area contributed by atoms with Crippen LogP contribution in [0.15, 0.2) is 55.2 Å². The molecule has 0 unspecified atom stereocenters. The molecule has 3 aliphatic heterocycles. The standard InChI is InChI=1S/C21H27BrN4O4.C12H11BrN2O5S/c1-21(2,3)30-20(28)24-13-6-8-25(9-7-13)11-14-12-29-19-15(22)10-23-16-4-5-17(27)26(14)18(16)19;1-19-21(17,18)6-7-5-20-12-8(13)4-14-9-2-3-10(16)15(7)11(9)12/h4-5,10,13-14H,6-9,11-12H2,1-3H3,(H,24,28);2-4,7H,5-6H2,1H3/t14-;7-/m10/s1. The van der Waals surface area contributed by atoms with Gasteiger partial charge in [-0.25, -0.2) is 4.79 Å². The third-order valence-corrected chi connectivity index (χ3v) is 11.1. The van der Waals surface area contributed by atoms with Gasteiger partial charge in [-0.1, -0.05) is 0 Å². The number of rotatable bonds is 6. The minimum absolute atomic E-state index is 0.0431. The number of pyridine rings is 4. The zero-order valence-corrected chi connectivity index (χ0v) is 32.4. The van der Waals surface area contributed by atoms with Gasteiger partial charge in [0.05, 0.1) is 44.9 Å². The van der Waals surface area contributed by atoms with E-state index in [0.717, 1.165) is 48.5 Å². The van der Waals surface area contributed by atoms with Crippen LogP contribution in [0.4, 0.5) is 4.79 Å². The van der Waals surface area contributed by atoms with E-state index in [0.29, 0.717) is 40.2 Å². The van der Waals surface area contributed by atoms with Crippen molar-refractivity contribution < 1.29 is 31.6 Å². The van der Waals surface area contributed by atoms with Gasteiger partial charge in [0.1, 0.15) is 29.8 Å². The average molecular weight is 855 g/mol. The maximum atomic E-state index is 12.7. The summed E-state index contributed by atoms with van der Waals surface area (Å²) in [5.41, 5.74) is 1.70. The van der Waals surface area contributed by atoms with Crippen LogP contribution in [0, 0.1) is 0 Å². The van der Waals surface area contributed by atoms with E-state index in [4.69, 9.17) is 14.2 Å². The summed E-state index contributed by atoms with van der Waals surface area (Å²) in [6.07, 6.45) is 4.61. The van der Waals surface area contributed by atoms with E-state index >= 15 is 0 Å². The second-order valence-electron chi connectivity index (χ2n) is 13.5. The third-order valence-electron chi connectivity index (χ3n) is 8.71. The zero-order valence-electron chi connectivity index (χ0n) is 28.4. The number of hydrogen-bond acceptors (Lipinski definition) is 12.